The lowest BCUT2D eigenvalue weighted by Crippen LogP contribution is -2.28. The molecule has 2 aromatic rings. The molecule has 25 heavy (non-hydrogen) atoms. The highest BCUT2D eigenvalue weighted by molar-refractivity contribution is 5.98. The molecule has 1 saturated heterocycles. The number of carbonyl (C=O) groups excluding carboxylic acids is 1. The van der Waals surface area contributed by atoms with Crippen LogP contribution < -0.4 is 4.90 Å². The van der Waals surface area contributed by atoms with Gasteiger partial charge >= 0.3 is 0 Å². The van der Waals surface area contributed by atoms with Crippen molar-refractivity contribution in [3.8, 4) is 0 Å². The minimum absolute atomic E-state index is 0.0371. The first-order chi connectivity index (χ1) is 11.8. The summed E-state index contributed by atoms with van der Waals surface area (Å²) >= 11 is 0. The smallest absolute Gasteiger partial charge is 0.251 e. The molecule has 2 aliphatic rings. The fraction of sp³-hybridized carbons (Fsp3) is 0.500. The minimum Gasteiger partial charge on any atom is -0.310 e. The molecule has 1 aliphatic heterocycles. The van der Waals surface area contributed by atoms with E-state index in [0.717, 1.165) is 24.2 Å². The summed E-state index contributed by atoms with van der Waals surface area (Å²) in [4.78, 5) is 14.7. The Morgan fingerprint density at radius 2 is 1.88 bits per heavy atom. The summed E-state index contributed by atoms with van der Waals surface area (Å²) < 4.78 is 15.7. The Labute approximate surface area is 147 Å². The summed E-state index contributed by atoms with van der Waals surface area (Å²) in [6.45, 7) is 8.61. The van der Waals surface area contributed by atoms with Gasteiger partial charge < -0.3 is 4.90 Å². The van der Waals surface area contributed by atoms with E-state index in [1.807, 2.05) is 16.9 Å². The third-order valence-corrected chi connectivity index (χ3v) is 5.73. The number of anilines is 1. The average molecular weight is 341 g/mol. The highest BCUT2D eigenvalue weighted by Gasteiger charge is 2.48. The molecule has 1 saturated carbocycles. The highest BCUT2D eigenvalue weighted by atomic mass is 19.1. The number of benzene rings is 1. The van der Waals surface area contributed by atoms with Crippen LogP contribution in [0.4, 0.5) is 10.1 Å². The number of carbonyl (C=O) groups is 1. The Morgan fingerprint density at radius 3 is 2.48 bits per heavy atom. The van der Waals surface area contributed by atoms with Gasteiger partial charge in [-0.05, 0) is 61.4 Å². The van der Waals surface area contributed by atoms with Crippen molar-refractivity contribution in [2.45, 2.75) is 52.5 Å². The standard InChI is InChI=1S/C20H24FN3O/c1-12-9-14(10-13(2)18(12)21)23-7-6-17(19(23)25)24-8-5-16(22-24)15-11-20(15,3)4/h5,8-10,15,17H,6-7,11H2,1-4H3. The Balaban J connectivity index is 1.56. The largest absolute Gasteiger partial charge is 0.310 e. The van der Waals surface area contributed by atoms with Crippen molar-refractivity contribution in [1.29, 1.82) is 0 Å². The van der Waals surface area contributed by atoms with Gasteiger partial charge in [-0.15, -0.1) is 0 Å². The molecule has 2 heterocycles. The number of aryl methyl sites for hydroxylation is 2. The fourth-order valence-corrected chi connectivity index (χ4v) is 3.93. The maximum atomic E-state index is 13.9. The van der Waals surface area contributed by atoms with Gasteiger partial charge in [0.1, 0.15) is 11.9 Å². The zero-order chi connectivity index (χ0) is 17.9. The Hall–Kier alpha value is -2.17. The fourth-order valence-electron chi connectivity index (χ4n) is 3.93. The normalized spacial score (nSPS) is 24.8. The van der Waals surface area contributed by atoms with Crippen LogP contribution >= 0.6 is 0 Å². The molecule has 1 amide bonds. The lowest BCUT2D eigenvalue weighted by molar-refractivity contribution is -0.120. The summed E-state index contributed by atoms with van der Waals surface area (Å²) in [6.07, 6.45) is 3.81. The van der Waals surface area contributed by atoms with Gasteiger partial charge in [0.25, 0.3) is 5.91 Å². The Kier molecular flexibility index (Phi) is 3.53. The van der Waals surface area contributed by atoms with Crippen molar-refractivity contribution in [2.75, 3.05) is 11.4 Å². The summed E-state index contributed by atoms with van der Waals surface area (Å²) in [5.41, 5.74) is 3.34. The molecule has 0 bridgehead atoms. The molecule has 0 N–H and O–H groups in total. The number of halogens is 1. The molecule has 0 radical (unpaired) electrons. The molecule has 132 valence electrons. The minimum atomic E-state index is -0.263. The zero-order valence-electron chi connectivity index (χ0n) is 15.2. The molecule has 2 atom stereocenters. The van der Waals surface area contributed by atoms with E-state index in [-0.39, 0.29) is 17.8 Å². The van der Waals surface area contributed by atoms with Crippen molar-refractivity contribution >= 4 is 11.6 Å². The number of aromatic nitrogens is 2. The van der Waals surface area contributed by atoms with Crippen LogP contribution in [-0.2, 0) is 4.79 Å². The molecule has 1 aromatic heterocycles. The van der Waals surface area contributed by atoms with Gasteiger partial charge in [-0.3, -0.25) is 9.48 Å². The van der Waals surface area contributed by atoms with E-state index < -0.39 is 0 Å². The lowest BCUT2D eigenvalue weighted by atomic mass is 10.1. The van der Waals surface area contributed by atoms with Crippen molar-refractivity contribution in [3.05, 3.63) is 47.0 Å². The SMILES string of the molecule is Cc1cc(N2CCC(n3ccc(C4CC4(C)C)n3)C2=O)cc(C)c1F. The van der Waals surface area contributed by atoms with E-state index >= 15 is 0 Å². The van der Waals surface area contributed by atoms with Gasteiger partial charge in [0.05, 0.1) is 5.69 Å². The quantitative estimate of drug-likeness (QED) is 0.842. The molecular formula is C20H24FN3O. The first-order valence-electron chi connectivity index (χ1n) is 8.91. The second-order valence-electron chi connectivity index (χ2n) is 8.15. The molecule has 2 fully saturated rings. The van der Waals surface area contributed by atoms with Crippen LogP contribution in [0.2, 0.25) is 0 Å². The number of amides is 1. The van der Waals surface area contributed by atoms with Crippen LogP contribution in [0.15, 0.2) is 24.4 Å². The van der Waals surface area contributed by atoms with Crippen molar-refractivity contribution < 1.29 is 9.18 Å². The Bertz CT molecular complexity index is 831. The number of hydrogen-bond acceptors (Lipinski definition) is 2. The third-order valence-electron chi connectivity index (χ3n) is 5.73. The second-order valence-corrected chi connectivity index (χ2v) is 8.15. The van der Waals surface area contributed by atoms with Gasteiger partial charge in [-0.25, -0.2) is 4.39 Å². The molecule has 4 nitrogen and oxygen atoms in total. The van der Waals surface area contributed by atoms with Crippen LogP contribution in [0.1, 0.15) is 55.5 Å². The Morgan fingerprint density at radius 1 is 1.24 bits per heavy atom. The van der Waals surface area contributed by atoms with Crippen LogP contribution in [0.25, 0.3) is 0 Å². The number of hydrogen-bond donors (Lipinski definition) is 0. The van der Waals surface area contributed by atoms with Crippen molar-refractivity contribution in [3.63, 3.8) is 0 Å². The molecule has 4 rings (SSSR count). The van der Waals surface area contributed by atoms with Crippen LogP contribution in [0.3, 0.4) is 0 Å². The lowest BCUT2D eigenvalue weighted by Gasteiger charge is -2.18. The first-order valence-corrected chi connectivity index (χ1v) is 8.91. The van der Waals surface area contributed by atoms with Crippen molar-refractivity contribution in [1.82, 2.24) is 9.78 Å². The first kappa shape index (κ1) is 16.3. The van der Waals surface area contributed by atoms with E-state index in [1.54, 1.807) is 30.9 Å². The molecule has 5 heteroatoms. The molecule has 0 spiro atoms. The number of nitrogens with zero attached hydrogens (tertiary/aromatic N) is 3. The van der Waals surface area contributed by atoms with Crippen LogP contribution in [0.5, 0.6) is 0 Å². The predicted octanol–water partition coefficient (Wildman–Crippen LogP) is 4.13. The second kappa shape index (κ2) is 5.41. The zero-order valence-corrected chi connectivity index (χ0v) is 15.2. The summed E-state index contributed by atoms with van der Waals surface area (Å²) in [7, 11) is 0. The summed E-state index contributed by atoms with van der Waals surface area (Å²) in [5, 5.41) is 4.69. The van der Waals surface area contributed by atoms with Gasteiger partial charge in [0.15, 0.2) is 0 Å². The van der Waals surface area contributed by atoms with Gasteiger partial charge in [0.2, 0.25) is 0 Å². The summed E-state index contributed by atoms with van der Waals surface area (Å²) in [5.74, 6) is 0.342. The van der Waals surface area contributed by atoms with E-state index in [2.05, 4.69) is 18.9 Å². The van der Waals surface area contributed by atoms with Gasteiger partial charge in [-0.2, -0.15) is 5.10 Å². The maximum absolute atomic E-state index is 13.9. The maximum Gasteiger partial charge on any atom is 0.251 e. The van der Waals surface area contributed by atoms with E-state index in [0.29, 0.717) is 29.0 Å². The van der Waals surface area contributed by atoms with Gasteiger partial charge in [0, 0.05) is 24.3 Å². The average Bonchev–Trinajstić information content (AvgIpc) is 2.93. The monoisotopic (exact) mass is 341 g/mol. The molecule has 1 aliphatic carbocycles. The van der Waals surface area contributed by atoms with E-state index in [1.165, 1.54) is 0 Å². The number of rotatable bonds is 3. The third kappa shape index (κ3) is 2.66. The predicted molar refractivity (Wildman–Crippen MR) is 95.2 cm³/mol. The molecule has 1 aromatic carbocycles. The topological polar surface area (TPSA) is 38.1 Å². The van der Waals surface area contributed by atoms with E-state index in [4.69, 9.17) is 0 Å². The van der Waals surface area contributed by atoms with Crippen molar-refractivity contribution in [2.24, 2.45) is 5.41 Å². The van der Waals surface area contributed by atoms with Crippen LogP contribution in [-0.4, -0.2) is 22.2 Å². The van der Waals surface area contributed by atoms with E-state index in [9.17, 15) is 9.18 Å². The highest BCUT2D eigenvalue weighted by Crippen LogP contribution is 2.58. The van der Waals surface area contributed by atoms with Gasteiger partial charge in [-0.1, -0.05) is 13.8 Å². The van der Waals surface area contributed by atoms with Crippen LogP contribution in [0, 0.1) is 25.1 Å². The summed E-state index contributed by atoms with van der Waals surface area (Å²) in [6, 6.07) is 5.29. The molecular weight excluding hydrogens is 317 g/mol. The molecule has 2 unspecified atom stereocenters.